The first-order chi connectivity index (χ1) is 17.7. The Kier molecular flexibility index (Phi) is 3.33. The van der Waals surface area contributed by atoms with Crippen molar-refractivity contribution >= 4 is 22.1 Å². The van der Waals surface area contributed by atoms with Crippen molar-refractivity contribution in [2.24, 2.45) is 7.05 Å². The van der Waals surface area contributed by atoms with Gasteiger partial charge in [-0.25, -0.2) is 9.55 Å². The van der Waals surface area contributed by atoms with Gasteiger partial charge in [-0.2, -0.15) is 0 Å². The van der Waals surface area contributed by atoms with Crippen molar-refractivity contribution in [1.82, 2.24) is 4.98 Å². The smallest absolute Gasteiger partial charge is 0.227 e. The number of fused-ring (bicyclic) bond motifs is 3. The molecule has 3 heterocycles. The van der Waals surface area contributed by atoms with Gasteiger partial charge >= 0.3 is 0 Å². The Balaban J connectivity index is 1.74. The number of rotatable bonds is 2. The highest BCUT2D eigenvalue weighted by Gasteiger charge is 2.23. The lowest BCUT2D eigenvalue weighted by Gasteiger charge is -2.16. The Morgan fingerprint density at radius 1 is 0.906 bits per heavy atom. The number of pyridine rings is 2. The third-order valence-corrected chi connectivity index (χ3v) is 6.02. The van der Waals surface area contributed by atoms with Gasteiger partial charge in [-0.15, -0.1) is 0 Å². The first-order valence-corrected chi connectivity index (χ1v) is 10.6. The van der Waals surface area contributed by atoms with Crippen LogP contribution >= 0.6 is 0 Å². The van der Waals surface area contributed by atoms with E-state index in [2.05, 4.69) is 48.3 Å². The van der Waals surface area contributed by atoms with Crippen LogP contribution in [0.15, 0.2) is 71.3 Å². The van der Waals surface area contributed by atoms with Gasteiger partial charge in [0.25, 0.3) is 0 Å². The zero-order valence-corrected chi connectivity index (χ0v) is 18.7. The summed E-state index contributed by atoms with van der Waals surface area (Å²) in [6.45, 7) is -0.298. The van der Waals surface area contributed by atoms with Crippen LogP contribution in [0.2, 0.25) is 0 Å². The summed E-state index contributed by atoms with van der Waals surface area (Å²) in [7, 11) is 1.98. The fourth-order valence-electron chi connectivity index (χ4n) is 4.16. The fraction of sp³-hybridized carbons (Fsp3) is 0.241. The minimum Gasteiger partial charge on any atom is -0.437 e. The molecule has 0 aliphatic rings. The Hall–Kier alpha value is -3.46. The summed E-state index contributed by atoms with van der Waals surface area (Å²) in [5.41, 5.74) is 4.83. The maximum Gasteiger partial charge on any atom is 0.227 e. The van der Waals surface area contributed by atoms with Gasteiger partial charge in [-0.3, -0.25) is 0 Å². The van der Waals surface area contributed by atoms with Crippen molar-refractivity contribution in [2.45, 2.75) is 39.9 Å². The van der Waals surface area contributed by atoms with E-state index in [4.69, 9.17) is 12.6 Å². The number of nitrogens with zero attached hydrogens (tertiary/aromatic N) is 2. The SMILES string of the molecule is [2H]C([2H])([2H])C(C)(c1ccc2c(n1)oc1c(-c3cc(-c4ccc(C)cc4)cc[n+]3C)c(C)ccc12)C([2H])([2H])[2H]. The second-order valence-corrected chi connectivity index (χ2v) is 8.69. The molecule has 0 amide bonds. The van der Waals surface area contributed by atoms with Gasteiger partial charge in [0.15, 0.2) is 11.8 Å². The van der Waals surface area contributed by atoms with E-state index in [1.54, 1.807) is 6.07 Å². The van der Waals surface area contributed by atoms with Gasteiger partial charge in [0, 0.05) is 42.2 Å². The van der Waals surface area contributed by atoms with E-state index < -0.39 is 19.1 Å². The molecule has 0 fully saturated rings. The van der Waals surface area contributed by atoms with E-state index in [0.717, 1.165) is 33.3 Å². The average molecular weight is 428 g/mol. The van der Waals surface area contributed by atoms with E-state index >= 15 is 0 Å². The van der Waals surface area contributed by atoms with E-state index in [-0.39, 0.29) is 11.4 Å². The van der Waals surface area contributed by atoms with Gasteiger partial charge in [0.2, 0.25) is 11.4 Å². The summed E-state index contributed by atoms with van der Waals surface area (Å²) in [5, 5.41) is 1.52. The normalized spacial score (nSPS) is 15.6. The summed E-state index contributed by atoms with van der Waals surface area (Å²) < 4.78 is 56.3. The summed E-state index contributed by atoms with van der Waals surface area (Å²) in [4.78, 5) is 4.48. The second-order valence-electron chi connectivity index (χ2n) is 8.69. The highest BCUT2D eigenvalue weighted by Crippen LogP contribution is 2.38. The van der Waals surface area contributed by atoms with Gasteiger partial charge in [-0.1, -0.05) is 62.6 Å². The third kappa shape index (κ3) is 3.38. The average Bonchev–Trinajstić information content (AvgIpc) is 3.21. The van der Waals surface area contributed by atoms with E-state index in [1.165, 1.54) is 18.6 Å². The number of hydrogen-bond donors (Lipinski definition) is 0. The summed E-state index contributed by atoms with van der Waals surface area (Å²) in [6, 6.07) is 19.7. The second kappa shape index (κ2) is 7.30. The standard InChI is InChI=1S/C29H29N2O/c1-18-7-10-20(11-8-18)21-15-16-31(6)24(17-21)26-19(2)9-12-22-23-13-14-25(29(3,4)5)30-28(23)32-27(22)26/h7-17H,1-6H3/q+1/i3D3,4D3. The molecule has 3 aromatic heterocycles. The van der Waals surface area contributed by atoms with Crippen molar-refractivity contribution in [3.05, 3.63) is 83.7 Å². The van der Waals surface area contributed by atoms with Crippen molar-refractivity contribution in [3.8, 4) is 22.4 Å². The van der Waals surface area contributed by atoms with Crippen LogP contribution in [0.3, 0.4) is 0 Å². The van der Waals surface area contributed by atoms with Crippen LogP contribution in [0.25, 0.3) is 44.5 Å². The molecule has 2 aromatic carbocycles. The number of hydrogen-bond acceptors (Lipinski definition) is 2. The minimum absolute atomic E-state index is 0.0470. The predicted molar refractivity (Wildman–Crippen MR) is 132 cm³/mol. The largest absolute Gasteiger partial charge is 0.437 e. The number of benzene rings is 2. The van der Waals surface area contributed by atoms with Crippen LogP contribution in [0.4, 0.5) is 0 Å². The molecular formula is C29H29N2O+. The highest BCUT2D eigenvalue weighted by atomic mass is 16.3. The fourth-order valence-corrected chi connectivity index (χ4v) is 4.16. The number of furan rings is 1. The topological polar surface area (TPSA) is 29.9 Å². The summed E-state index contributed by atoms with van der Waals surface area (Å²) in [5.74, 6) is 0. The molecule has 0 aliphatic carbocycles. The Morgan fingerprint density at radius 3 is 2.41 bits per heavy atom. The van der Waals surface area contributed by atoms with Crippen LogP contribution in [-0.2, 0) is 12.5 Å². The molecule has 5 aromatic rings. The van der Waals surface area contributed by atoms with E-state index in [1.807, 2.05) is 36.9 Å². The van der Waals surface area contributed by atoms with E-state index in [0.29, 0.717) is 11.0 Å². The maximum atomic E-state index is 8.00. The van der Waals surface area contributed by atoms with Gasteiger partial charge in [0.05, 0.1) is 5.56 Å². The zero-order valence-electron chi connectivity index (χ0n) is 24.7. The monoisotopic (exact) mass is 427 g/mol. The molecule has 0 aliphatic heterocycles. The predicted octanol–water partition coefficient (Wildman–Crippen LogP) is 7.05. The van der Waals surface area contributed by atoms with Gasteiger partial charge in [-0.05, 0) is 42.7 Å². The van der Waals surface area contributed by atoms with Crippen LogP contribution in [-0.4, -0.2) is 4.98 Å². The van der Waals surface area contributed by atoms with Crippen molar-refractivity contribution in [3.63, 3.8) is 0 Å². The van der Waals surface area contributed by atoms with E-state index in [9.17, 15) is 0 Å². The molecule has 0 saturated heterocycles. The van der Waals surface area contributed by atoms with Crippen molar-refractivity contribution < 1.29 is 17.2 Å². The lowest BCUT2D eigenvalue weighted by molar-refractivity contribution is -0.660. The molecule has 0 bridgehead atoms. The molecule has 0 radical (unpaired) electrons. The van der Waals surface area contributed by atoms with Crippen molar-refractivity contribution in [1.29, 1.82) is 0 Å². The zero-order chi connectivity index (χ0) is 27.6. The Morgan fingerprint density at radius 2 is 1.66 bits per heavy atom. The molecule has 0 spiro atoms. The minimum atomic E-state index is -2.79. The van der Waals surface area contributed by atoms with Gasteiger partial charge < -0.3 is 4.42 Å². The quantitative estimate of drug-likeness (QED) is 0.282. The molecule has 5 rings (SSSR count). The number of aromatic nitrogens is 2. The lowest BCUT2D eigenvalue weighted by Crippen LogP contribution is -2.30. The molecule has 0 atom stereocenters. The molecule has 0 saturated carbocycles. The summed E-state index contributed by atoms with van der Waals surface area (Å²) in [6.07, 6.45) is 2.01. The molecule has 0 N–H and O–H groups in total. The molecule has 160 valence electrons. The first kappa shape index (κ1) is 14.6. The summed E-state index contributed by atoms with van der Waals surface area (Å²) >= 11 is 0. The molecule has 32 heavy (non-hydrogen) atoms. The molecule has 0 unspecified atom stereocenters. The first-order valence-electron chi connectivity index (χ1n) is 13.6. The van der Waals surface area contributed by atoms with Crippen LogP contribution in [0.1, 0.15) is 45.7 Å². The highest BCUT2D eigenvalue weighted by molar-refractivity contribution is 6.08. The third-order valence-electron chi connectivity index (χ3n) is 6.02. The maximum absolute atomic E-state index is 8.00. The Bertz CT molecular complexity index is 1670. The molecule has 3 nitrogen and oxygen atoms in total. The Labute approximate surface area is 197 Å². The van der Waals surface area contributed by atoms with Crippen LogP contribution < -0.4 is 4.57 Å². The van der Waals surface area contributed by atoms with Crippen molar-refractivity contribution in [2.75, 3.05) is 0 Å². The van der Waals surface area contributed by atoms with Crippen LogP contribution in [0, 0.1) is 13.8 Å². The van der Waals surface area contributed by atoms with Crippen LogP contribution in [0.5, 0.6) is 0 Å². The molecule has 3 heteroatoms. The lowest BCUT2D eigenvalue weighted by atomic mass is 9.91. The van der Waals surface area contributed by atoms with Gasteiger partial charge in [0.1, 0.15) is 7.05 Å². The molecular weight excluding hydrogens is 392 g/mol. The number of aryl methyl sites for hydroxylation is 3.